The minimum absolute atomic E-state index is 0.136. The molecule has 1 amide bonds. The predicted octanol–water partition coefficient (Wildman–Crippen LogP) is 4.45. The zero-order valence-electron chi connectivity index (χ0n) is 12.0. The third kappa shape index (κ3) is 4.56. The fraction of sp³-hybridized carbons (Fsp3) is 0. The number of rotatable bonds is 4. The number of anilines is 1. The van der Waals surface area contributed by atoms with Crippen LogP contribution in [0.4, 0.5) is 11.4 Å². The lowest BCUT2D eigenvalue weighted by Crippen LogP contribution is -2.13. The van der Waals surface area contributed by atoms with Crippen LogP contribution in [0.1, 0.15) is 5.56 Å². The van der Waals surface area contributed by atoms with Crippen LogP contribution in [0.2, 0.25) is 10.0 Å². The number of nitro benzene ring substituents is 1. The van der Waals surface area contributed by atoms with Crippen LogP contribution < -0.4 is 5.32 Å². The molecular weight excluding hydrogens is 353 g/mol. The second kappa shape index (κ2) is 7.59. The third-order valence-corrected chi connectivity index (χ3v) is 3.31. The molecule has 0 aromatic heterocycles. The zero-order valence-corrected chi connectivity index (χ0v) is 13.5. The Balaban J connectivity index is 2.27. The van der Waals surface area contributed by atoms with Crippen LogP contribution in [0.5, 0.6) is 0 Å². The molecular formula is C16H9Cl2N3O3. The van der Waals surface area contributed by atoms with Crippen LogP contribution in [-0.2, 0) is 4.79 Å². The maximum Gasteiger partial charge on any atom is 0.270 e. The van der Waals surface area contributed by atoms with Crippen LogP contribution >= 0.6 is 23.2 Å². The monoisotopic (exact) mass is 361 g/mol. The number of carbonyl (C=O) groups excluding carboxylic acids is 1. The largest absolute Gasteiger partial charge is 0.321 e. The molecule has 0 heterocycles. The summed E-state index contributed by atoms with van der Waals surface area (Å²) in [7, 11) is 0. The maximum absolute atomic E-state index is 12.2. The van der Waals surface area contributed by atoms with Gasteiger partial charge in [-0.05, 0) is 29.8 Å². The number of nitriles is 1. The zero-order chi connectivity index (χ0) is 17.7. The Morgan fingerprint density at radius 1 is 1.21 bits per heavy atom. The Bertz CT molecular complexity index is 868. The van der Waals surface area contributed by atoms with E-state index in [9.17, 15) is 14.9 Å². The van der Waals surface area contributed by atoms with Gasteiger partial charge in [-0.3, -0.25) is 14.9 Å². The SMILES string of the molecule is N#C/C(=C\c1cccc([N+](=O)[O-])c1)C(=O)Nc1cc(Cl)cc(Cl)c1. The standard InChI is InChI=1S/C16H9Cl2N3O3/c17-12-6-13(18)8-14(7-12)20-16(22)11(9-19)4-10-2-1-3-15(5-10)21(23)24/h1-8H,(H,20,22)/b11-4+. The molecule has 6 nitrogen and oxygen atoms in total. The highest BCUT2D eigenvalue weighted by Crippen LogP contribution is 2.23. The van der Waals surface area contributed by atoms with Crippen molar-refractivity contribution in [2.24, 2.45) is 0 Å². The number of non-ortho nitro benzene ring substituents is 1. The maximum atomic E-state index is 12.2. The molecule has 0 aliphatic carbocycles. The van der Waals surface area contributed by atoms with Crippen LogP contribution in [-0.4, -0.2) is 10.8 Å². The second-order valence-corrected chi connectivity index (χ2v) is 5.51. The average molecular weight is 362 g/mol. The summed E-state index contributed by atoms with van der Waals surface area (Å²) in [5, 5.41) is 23.1. The molecule has 8 heteroatoms. The lowest BCUT2D eigenvalue weighted by molar-refractivity contribution is -0.384. The Kier molecular flexibility index (Phi) is 5.53. The number of amides is 1. The van der Waals surface area contributed by atoms with Crippen molar-refractivity contribution in [3.8, 4) is 6.07 Å². The van der Waals surface area contributed by atoms with Crippen molar-refractivity contribution in [1.82, 2.24) is 0 Å². The summed E-state index contributed by atoms with van der Waals surface area (Å²) in [6.07, 6.45) is 1.26. The molecule has 0 spiro atoms. The summed E-state index contributed by atoms with van der Waals surface area (Å²) < 4.78 is 0. The normalized spacial score (nSPS) is 10.8. The van der Waals surface area contributed by atoms with Crippen molar-refractivity contribution in [3.63, 3.8) is 0 Å². The van der Waals surface area contributed by atoms with E-state index in [-0.39, 0.29) is 11.3 Å². The Labute approximate surface area is 147 Å². The number of hydrogen-bond acceptors (Lipinski definition) is 4. The van der Waals surface area contributed by atoms with Crippen LogP contribution in [0.25, 0.3) is 6.08 Å². The first-order valence-electron chi connectivity index (χ1n) is 6.53. The highest BCUT2D eigenvalue weighted by atomic mass is 35.5. The van der Waals surface area contributed by atoms with Gasteiger partial charge < -0.3 is 5.32 Å². The molecule has 0 bridgehead atoms. The Morgan fingerprint density at radius 3 is 2.46 bits per heavy atom. The van der Waals surface area contributed by atoms with Gasteiger partial charge in [-0.15, -0.1) is 0 Å². The van der Waals surface area contributed by atoms with Gasteiger partial charge in [0.25, 0.3) is 11.6 Å². The molecule has 2 aromatic carbocycles. The summed E-state index contributed by atoms with van der Waals surface area (Å²) >= 11 is 11.7. The van der Waals surface area contributed by atoms with E-state index in [0.29, 0.717) is 21.3 Å². The lowest BCUT2D eigenvalue weighted by Gasteiger charge is -2.05. The average Bonchev–Trinajstić information content (AvgIpc) is 2.51. The molecule has 0 atom stereocenters. The van der Waals surface area contributed by atoms with Crippen molar-refractivity contribution in [1.29, 1.82) is 5.26 Å². The number of halogens is 2. The number of hydrogen-bond donors (Lipinski definition) is 1. The van der Waals surface area contributed by atoms with Crippen molar-refractivity contribution in [2.45, 2.75) is 0 Å². The fourth-order valence-electron chi connectivity index (χ4n) is 1.87. The van der Waals surface area contributed by atoms with Crippen molar-refractivity contribution in [3.05, 3.63) is 73.8 Å². The summed E-state index contributed by atoms with van der Waals surface area (Å²) in [5.74, 6) is -0.678. The number of nitrogens with zero attached hydrogens (tertiary/aromatic N) is 2. The number of carbonyl (C=O) groups is 1. The molecule has 0 radical (unpaired) electrons. The van der Waals surface area contributed by atoms with Gasteiger partial charge in [-0.1, -0.05) is 35.3 Å². The number of nitrogens with one attached hydrogen (secondary N) is 1. The van der Waals surface area contributed by atoms with Gasteiger partial charge in [-0.2, -0.15) is 5.26 Å². The minimum Gasteiger partial charge on any atom is -0.321 e. The van der Waals surface area contributed by atoms with E-state index < -0.39 is 10.8 Å². The molecule has 2 aromatic rings. The van der Waals surface area contributed by atoms with E-state index in [4.69, 9.17) is 28.5 Å². The van der Waals surface area contributed by atoms with Gasteiger partial charge in [0.15, 0.2) is 0 Å². The highest BCUT2D eigenvalue weighted by Gasteiger charge is 2.12. The Hall–Kier alpha value is -2.88. The van der Waals surface area contributed by atoms with E-state index in [0.717, 1.165) is 0 Å². The van der Waals surface area contributed by atoms with Gasteiger partial charge in [-0.25, -0.2) is 0 Å². The van der Waals surface area contributed by atoms with Crippen molar-refractivity contribution < 1.29 is 9.72 Å². The molecule has 120 valence electrons. The minimum atomic E-state index is -0.678. The van der Waals surface area contributed by atoms with Gasteiger partial charge in [0.1, 0.15) is 11.6 Å². The molecule has 0 unspecified atom stereocenters. The molecule has 24 heavy (non-hydrogen) atoms. The fourth-order valence-corrected chi connectivity index (χ4v) is 2.39. The molecule has 0 aliphatic rings. The molecule has 0 saturated heterocycles. The molecule has 1 N–H and O–H groups in total. The van der Waals surface area contributed by atoms with E-state index in [2.05, 4.69) is 5.32 Å². The third-order valence-electron chi connectivity index (χ3n) is 2.88. The van der Waals surface area contributed by atoms with Gasteiger partial charge >= 0.3 is 0 Å². The van der Waals surface area contributed by atoms with Crippen LogP contribution in [0, 0.1) is 21.4 Å². The molecule has 0 fully saturated rings. The van der Waals surface area contributed by atoms with Gasteiger partial charge in [0.05, 0.1) is 4.92 Å². The van der Waals surface area contributed by atoms with Gasteiger partial charge in [0, 0.05) is 27.9 Å². The first-order chi connectivity index (χ1) is 11.4. The first-order valence-corrected chi connectivity index (χ1v) is 7.28. The topological polar surface area (TPSA) is 96.0 Å². The Morgan fingerprint density at radius 2 is 1.88 bits per heavy atom. The summed E-state index contributed by atoms with van der Waals surface area (Å²) in [6, 6.07) is 11.8. The first kappa shape index (κ1) is 17.5. The molecule has 0 aliphatic heterocycles. The molecule has 2 rings (SSSR count). The van der Waals surface area contributed by atoms with E-state index in [1.807, 2.05) is 0 Å². The van der Waals surface area contributed by atoms with E-state index >= 15 is 0 Å². The summed E-state index contributed by atoms with van der Waals surface area (Å²) in [4.78, 5) is 22.4. The smallest absolute Gasteiger partial charge is 0.270 e. The summed E-state index contributed by atoms with van der Waals surface area (Å²) in [5.41, 5.74) is 0.340. The number of nitro groups is 1. The van der Waals surface area contributed by atoms with Crippen molar-refractivity contribution in [2.75, 3.05) is 5.32 Å². The summed E-state index contributed by atoms with van der Waals surface area (Å²) in [6.45, 7) is 0. The highest BCUT2D eigenvalue weighted by molar-refractivity contribution is 6.35. The van der Waals surface area contributed by atoms with E-state index in [1.165, 1.54) is 42.5 Å². The number of benzene rings is 2. The van der Waals surface area contributed by atoms with Gasteiger partial charge in [0.2, 0.25) is 0 Å². The van der Waals surface area contributed by atoms with Crippen LogP contribution in [0.3, 0.4) is 0 Å². The van der Waals surface area contributed by atoms with Crippen molar-refractivity contribution >= 4 is 46.6 Å². The predicted molar refractivity (Wildman–Crippen MR) is 91.8 cm³/mol. The second-order valence-electron chi connectivity index (χ2n) is 4.63. The van der Waals surface area contributed by atoms with E-state index in [1.54, 1.807) is 12.1 Å². The molecule has 0 saturated carbocycles. The quantitative estimate of drug-likeness (QED) is 0.376. The lowest BCUT2D eigenvalue weighted by atomic mass is 10.1. The van der Waals surface area contributed by atoms with Crippen LogP contribution in [0.15, 0.2) is 48.0 Å².